The molecule has 6 heteroatoms. The van der Waals surface area contributed by atoms with Crippen LogP contribution in [0.25, 0.3) is 0 Å². The number of rotatable bonds is 7. The first-order chi connectivity index (χ1) is 7.05. The first kappa shape index (κ1) is 14.3. The van der Waals surface area contributed by atoms with Gasteiger partial charge in [-0.05, 0) is 12.1 Å². The Morgan fingerprint density at radius 2 is 1.73 bits per heavy atom. The van der Waals surface area contributed by atoms with E-state index in [4.69, 9.17) is 18.4 Å². The fourth-order valence-electron chi connectivity index (χ4n) is 1.15. The van der Waals surface area contributed by atoms with Crippen molar-refractivity contribution in [2.75, 3.05) is 21.3 Å². The van der Waals surface area contributed by atoms with Crippen LogP contribution in [-0.2, 0) is 18.1 Å². The summed E-state index contributed by atoms with van der Waals surface area (Å²) in [4.78, 5) is 10.9. The van der Waals surface area contributed by atoms with E-state index in [0.717, 1.165) is 6.42 Å². The van der Waals surface area contributed by atoms with Gasteiger partial charge in [0.2, 0.25) is 0 Å². The zero-order valence-corrected chi connectivity index (χ0v) is 10.6. The molecule has 0 spiro atoms. The van der Waals surface area contributed by atoms with Crippen molar-refractivity contribution in [2.45, 2.75) is 19.8 Å². The average Bonchev–Trinajstić information content (AvgIpc) is 2.24. The minimum absolute atomic E-state index is 0.273. The van der Waals surface area contributed by atoms with Crippen LogP contribution in [0, 0.1) is 0 Å². The molecule has 1 N–H and O–H groups in total. The Balaban J connectivity index is 4.96. The van der Waals surface area contributed by atoms with Crippen LogP contribution in [0.1, 0.15) is 19.8 Å². The van der Waals surface area contributed by atoms with Gasteiger partial charge in [0.15, 0.2) is 0 Å². The molecule has 0 fully saturated rings. The minimum Gasteiger partial charge on any atom is -0.478 e. The molecule has 0 amide bonds. The summed E-state index contributed by atoms with van der Waals surface area (Å²) in [5.41, 5.74) is 1.74. The molecule has 0 heterocycles. The Morgan fingerprint density at radius 1 is 1.27 bits per heavy atom. The van der Waals surface area contributed by atoms with Crippen LogP contribution in [0.2, 0.25) is 0 Å². The first-order valence-electron chi connectivity index (χ1n) is 4.65. The van der Waals surface area contributed by atoms with Gasteiger partial charge in [-0.2, -0.15) is 0 Å². The Kier molecular flexibility index (Phi) is 6.42. The zero-order chi connectivity index (χ0) is 11.9. The minimum atomic E-state index is -2.92. The molecule has 88 valence electrons. The topological polar surface area (TPSA) is 65.0 Å². The normalized spacial score (nSPS) is 12.9. The van der Waals surface area contributed by atoms with E-state index in [-0.39, 0.29) is 5.57 Å². The van der Waals surface area contributed by atoms with E-state index < -0.39 is 14.8 Å². The third-order valence-electron chi connectivity index (χ3n) is 2.00. The fourth-order valence-corrected chi connectivity index (χ4v) is 2.70. The van der Waals surface area contributed by atoms with Crippen LogP contribution in [0.15, 0.2) is 11.3 Å². The van der Waals surface area contributed by atoms with E-state index in [1.54, 1.807) is 0 Å². The van der Waals surface area contributed by atoms with Gasteiger partial charge in [0.25, 0.3) is 0 Å². The largest absolute Gasteiger partial charge is 0.529 e. The summed E-state index contributed by atoms with van der Waals surface area (Å²) in [5.74, 6) is -0.958. The quantitative estimate of drug-likeness (QED) is 0.530. The number of aliphatic carboxylic acids is 1. The molecule has 5 nitrogen and oxygen atoms in total. The van der Waals surface area contributed by atoms with Crippen LogP contribution < -0.4 is 0 Å². The van der Waals surface area contributed by atoms with E-state index >= 15 is 0 Å². The molecule has 0 aromatic heterocycles. The van der Waals surface area contributed by atoms with E-state index in [2.05, 4.69) is 0 Å². The highest BCUT2D eigenvalue weighted by atomic mass is 28.4. The monoisotopic (exact) mass is 234 g/mol. The summed E-state index contributed by atoms with van der Waals surface area (Å²) < 4.78 is 15.4. The molecule has 0 atom stereocenters. The molecular formula is C9H18O5Si. The summed E-state index contributed by atoms with van der Waals surface area (Å²) in [6.07, 6.45) is 1.22. The van der Waals surface area contributed by atoms with Crippen LogP contribution in [-0.4, -0.2) is 41.2 Å². The maximum atomic E-state index is 10.9. The molecule has 0 aromatic carbocycles. The third kappa shape index (κ3) is 4.13. The second kappa shape index (κ2) is 6.73. The second-order valence-electron chi connectivity index (χ2n) is 2.94. The maximum Gasteiger partial charge on any atom is 0.529 e. The van der Waals surface area contributed by atoms with E-state index in [1.807, 2.05) is 6.92 Å². The Bertz CT molecular complexity index is 226. The third-order valence-corrected chi connectivity index (χ3v) is 4.41. The molecule has 0 saturated carbocycles. The second-order valence-corrected chi connectivity index (χ2v) is 5.66. The molecule has 15 heavy (non-hydrogen) atoms. The SMILES string of the molecule is CCC/C(=C\[Si](OC)(OC)OC)C(=O)O. The number of carboxylic acids is 1. The van der Waals surface area contributed by atoms with Gasteiger partial charge in [-0.3, -0.25) is 0 Å². The van der Waals surface area contributed by atoms with Crippen molar-refractivity contribution >= 4 is 14.8 Å². The van der Waals surface area contributed by atoms with Crippen molar-refractivity contribution in [2.24, 2.45) is 0 Å². The van der Waals surface area contributed by atoms with Crippen LogP contribution in [0.4, 0.5) is 0 Å². The van der Waals surface area contributed by atoms with Crippen LogP contribution in [0.5, 0.6) is 0 Å². The fraction of sp³-hybridized carbons (Fsp3) is 0.667. The lowest BCUT2D eigenvalue weighted by molar-refractivity contribution is -0.132. The van der Waals surface area contributed by atoms with Gasteiger partial charge < -0.3 is 18.4 Å². The molecule has 0 aromatic rings. The van der Waals surface area contributed by atoms with Gasteiger partial charge in [-0.25, -0.2) is 4.79 Å². The first-order valence-corrected chi connectivity index (χ1v) is 6.45. The van der Waals surface area contributed by atoms with Crippen LogP contribution in [0.3, 0.4) is 0 Å². The number of carbonyl (C=O) groups is 1. The predicted molar refractivity (Wildman–Crippen MR) is 57.4 cm³/mol. The highest BCUT2D eigenvalue weighted by Gasteiger charge is 2.36. The highest BCUT2D eigenvalue weighted by molar-refractivity contribution is 6.66. The molecular weight excluding hydrogens is 216 g/mol. The lowest BCUT2D eigenvalue weighted by Crippen LogP contribution is -2.41. The standard InChI is InChI=1S/C9H18O5Si/c1-5-6-8(9(10)11)7-15(12-2,13-3)14-4/h7H,5-6H2,1-4H3,(H,10,11)/b8-7+. The number of carboxylic acid groups (broad SMARTS) is 1. The van der Waals surface area contributed by atoms with Crippen molar-refractivity contribution < 1.29 is 23.2 Å². The van der Waals surface area contributed by atoms with Gasteiger partial charge in [-0.15, -0.1) is 0 Å². The summed E-state index contributed by atoms with van der Waals surface area (Å²) in [5, 5.41) is 8.94. The highest BCUT2D eigenvalue weighted by Crippen LogP contribution is 2.14. The van der Waals surface area contributed by atoms with Crippen molar-refractivity contribution in [1.29, 1.82) is 0 Å². The van der Waals surface area contributed by atoms with Gasteiger partial charge >= 0.3 is 14.8 Å². The molecule has 0 aliphatic carbocycles. The number of hydrogen-bond acceptors (Lipinski definition) is 4. The van der Waals surface area contributed by atoms with Crippen molar-refractivity contribution in [3.8, 4) is 0 Å². The van der Waals surface area contributed by atoms with Gasteiger partial charge in [-0.1, -0.05) is 13.3 Å². The molecule has 0 aliphatic heterocycles. The van der Waals surface area contributed by atoms with Crippen molar-refractivity contribution in [3.05, 3.63) is 11.3 Å². The van der Waals surface area contributed by atoms with Crippen molar-refractivity contribution in [3.63, 3.8) is 0 Å². The van der Waals surface area contributed by atoms with Crippen molar-refractivity contribution in [1.82, 2.24) is 0 Å². The van der Waals surface area contributed by atoms with Crippen LogP contribution >= 0.6 is 0 Å². The summed E-state index contributed by atoms with van der Waals surface area (Å²) in [6, 6.07) is 0. The summed E-state index contributed by atoms with van der Waals surface area (Å²) in [7, 11) is 1.41. The Hall–Kier alpha value is -0.693. The van der Waals surface area contributed by atoms with E-state index in [0.29, 0.717) is 6.42 Å². The average molecular weight is 234 g/mol. The summed E-state index contributed by atoms with van der Waals surface area (Å²) >= 11 is 0. The predicted octanol–water partition coefficient (Wildman–Crippen LogP) is 1.21. The lowest BCUT2D eigenvalue weighted by Gasteiger charge is -2.21. The van der Waals surface area contributed by atoms with E-state index in [1.165, 1.54) is 27.0 Å². The smallest absolute Gasteiger partial charge is 0.478 e. The lowest BCUT2D eigenvalue weighted by atomic mass is 10.2. The molecule has 0 radical (unpaired) electrons. The Morgan fingerprint density at radius 3 is 2.00 bits per heavy atom. The molecule has 0 unspecified atom stereocenters. The van der Waals surface area contributed by atoms with Gasteiger partial charge in [0.05, 0.1) is 0 Å². The number of hydrogen-bond donors (Lipinski definition) is 1. The summed E-state index contributed by atoms with van der Waals surface area (Å²) in [6.45, 7) is 1.91. The maximum absolute atomic E-state index is 10.9. The Labute approximate surface area is 91.0 Å². The molecule has 0 saturated heterocycles. The molecule has 0 bridgehead atoms. The van der Waals surface area contributed by atoms with E-state index in [9.17, 15) is 4.79 Å². The zero-order valence-electron chi connectivity index (χ0n) is 9.57. The van der Waals surface area contributed by atoms with Gasteiger partial charge in [0, 0.05) is 26.9 Å². The molecule has 0 aliphatic rings. The van der Waals surface area contributed by atoms with Gasteiger partial charge in [0.1, 0.15) is 0 Å². The molecule has 0 rings (SSSR count).